The van der Waals surface area contributed by atoms with E-state index in [2.05, 4.69) is 10.3 Å². The average molecular weight is 440 g/mol. The summed E-state index contributed by atoms with van der Waals surface area (Å²) in [5, 5.41) is 12.2. The Bertz CT molecular complexity index is 1220. The minimum atomic E-state index is -3.28. The molecule has 31 heavy (non-hydrogen) atoms. The third kappa shape index (κ3) is 4.46. The van der Waals surface area contributed by atoms with Crippen molar-refractivity contribution in [3.8, 4) is 17.7 Å². The quantitative estimate of drug-likeness (QED) is 0.641. The van der Waals surface area contributed by atoms with E-state index in [0.29, 0.717) is 43.3 Å². The number of anilines is 2. The van der Waals surface area contributed by atoms with Gasteiger partial charge in [0.2, 0.25) is 17.5 Å². The van der Waals surface area contributed by atoms with Crippen LogP contribution in [0.25, 0.3) is 11.7 Å². The molecule has 1 aromatic carbocycles. The van der Waals surface area contributed by atoms with Gasteiger partial charge in [0.1, 0.15) is 6.07 Å². The lowest BCUT2D eigenvalue weighted by Gasteiger charge is -2.30. The summed E-state index contributed by atoms with van der Waals surface area (Å²) in [6.07, 6.45) is 3.80. The maximum Gasteiger partial charge on any atom is 0.266 e. The number of carbonyl (C=O) groups excluding carboxylic acids is 1. The molecule has 1 fully saturated rings. The second-order valence-corrected chi connectivity index (χ2v) is 9.32. The van der Waals surface area contributed by atoms with E-state index in [1.54, 1.807) is 24.3 Å². The highest BCUT2D eigenvalue weighted by atomic mass is 32.2. The fraction of sp³-hybridized carbons (Fsp3) is 0.286. The zero-order chi connectivity index (χ0) is 22.0. The van der Waals surface area contributed by atoms with Crippen molar-refractivity contribution in [2.45, 2.75) is 17.7 Å². The van der Waals surface area contributed by atoms with E-state index in [0.717, 1.165) is 6.26 Å². The van der Waals surface area contributed by atoms with Gasteiger partial charge < -0.3 is 19.1 Å². The van der Waals surface area contributed by atoms with Crippen LogP contribution in [0, 0.1) is 17.2 Å². The molecule has 0 bridgehead atoms. The molecule has 0 atom stereocenters. The number of furan rings is 1. The zero-order valence-corrected chi connectivity index (χ0v) is 17.6. The normalized spacial score (nSPS) is 14.9. The van der Waals surface area contributed by atoms with E-state index in [1.165, 1.54) is 18.4 Å². The molecular formula is C21H20N4O5S. The van der Waals surface area contributed by atoms with Gasteiger partial charge in [-0.15, -0.1) is 0 Å². The van der Waals surface area contributed by atoms with Crippen molar-refractivity contribution in [3.63, 3.8) is 0 Å². The maximum atomic E-state index is 12.6. The first-order valence-electron chi connectivity index (χ1n) is 9.66. The van der Waals surface area contributed by atoms with Gasteiger partial charge in [-0.3, -0.25) is 4.79 Å². The summed E-state index contributed by atoms with van der Waals surface area (Å²) in [5.41, 5.74) is 0.727. The highest BCUT2D eigenvalue weighted by Crippen LogP contribution is 2.31. The van der Waals surface area contributed by atoms with Crippen molar-refractivity contribution < 1.29 is 22.0 Å². The average Bonchev–Trinajstić information content (AvgIpc) is 3.43. The van der Waals surface area contributed by atoms with Gasteiger partial charge >= 0.3 is 0 Å². The van der Waals surface area contributed by atoms with Gasteiger partial charge in [0.05, 0.1) is 11.2 Å². The van der Waals surface area contributed by atoms with Crippen molar-refractivity contribution in [2.75, 3.05) is 29.6 Å². The summed E-state index contributed by atoms with van der Waals surface area (Å²) in [6, 6.07) is 11.6. The Morgan fingerprint density at radius 1 is 1.23 bits per heavy atom. The lowest BCUT2D eigenvalue weighted by Crippen LogP contribution is -2.38. The molecule has 10 heteroatoms. The fourth-order valence-corrected chi connectivity index (χ4v) is 4.11. The standard InChI is InChI=1S/C21H20N4O5S/c1-31(27,28)16-6-4-15(5-7-16)23-19(26)14-8-10-25(11-9-14)21-17(13-22)24-20(30-21)18-3-2-12-29-18/h2-7,12,14H,8-11H2,1H3,(H,23,26). The number of hydrogen-bond donors (Lipinski definition) is 1. The lowest BCUT2D eigenvalue weighted by molar-refractivity contribution is -0.120. The van der Waals surface area contributed by atoms with Crippen molar-refractivity contribution >= 4 is 27.3 Å². The van der Waals surface area contributed by atoms with Crippen molar-refractivity contribution in [3.05, 3.63) is 48.4 Å². The Balaban J connectivity index is 1.39. The van der Waals surface area contributed by atoms with Crippen LogP contribution >= 0.6 is 0 Å². The number of carbonyl (C=O) groups is 1. The van der Waals surface area contributed by atoms with Gasteiger partial charge in [-0.1, -0.05) is 0 Å². The summed E-state index contributed by atoms with van der Waals surface area (Å²) < 4.78 is 34.1. The van der Waals surface area contributed by atoms with Gasteiger partial charge in [-0.25, -0.2) is 8.42 Å². The van der Waals surface area contributed by atoms with Crippen LogP contribution in [-0.2, 0) is 14.6 Å². The number of rotatable bonds is 5. The number of piperidine rings is 1. The number of oxazole rings is 1. The van der Waals surface area contributed by atoms with Gasteiger partial charge in [0.25, 0.3) is 5.89 Å². The summed E-state index contributed by atoms with van der Waals surface area (Å²) in [5.74, 6) is 0.738. The van der Waals surface area contributed by atoms with E-state index in [9.17, 15) is 18.5 Å². The molecule has 0 unspecified atom stereocenters. The molecule has 0 radical (unpaired) electrons. The second-order valence-electron chi connectivity index (χ2n) is 7.31. The number of hydrogen-bond acceptors (Lipinski definition) is 8. The van der Waals surface area contributed by atoms with Crippen LogP contribution in [0.5, 0.6) is 0 Å². The largest absolute Gasteiger partial charge is 0.459 e. The molecule has 9 nitrogen and oxygen atoms in total. The monoisotopic (exact) mass is 440 g/mol. The Hall–Kier alpha value is -3.58. The molecular weight excluding hydrogens is 420 g/mol. The highest BCUT2D eigenvalue weighted by Gasteiger charge is 2.29. The van der Waals surface area contributed by atoms with Crippen molar-refractivity contribution in [2.24, 2.45) is 5.92 Å². The molecule has 1 amide bonds. The number of amides is 1. The highest BCUT2D eigenvalue weighted by molar-refractivity contribution is 7.90. The number of benzene rings is 1. The minimum absolute atomic E-state index is 0.124. The van der Waals surface area contributed by atoms with Crippen LogP contribution < -0.4 is 10.2 Å². The van der Waals surface area contributed by atoms with Crippen LogP contribution in [0.2, 0.25) is 0 Å². The SMILES string of the molecule is CS(=O)(=O)c1ccc(NC(=O)C2CCN(c3oc(-c4ccco4)nc3C#N)CC2)cc1. The van der Waals surface area contributed by atoms with Gasteiger partial charge in [0.15, 0.2) is 15.6 Å². The van der Waals surface area contributed by atoms with Crippen LogP contribution in [0.3, 0.4) is 0 Å². The van der Waals surface area contributed by atoms with Gasteiger partial charge in [-0.2, -0.15) is 10.2 Å². The third-order valence-corrected chi connectivity index (χ3v) is 6.28. The van der Waals surface area contributed by atoms with Crippen LogP contribution in [-0.4, -0.2) is 38.7 Å². The molecule has 1 aliphatic rings. The van der Waals surface area contributed by atoms with Crippen LogP contribution in [0.4, 0.5) is 11.6 Å². The molecule has 3 aromatic rings. The number of nitrogens with zero attached hydrogens (tertiary/aromatic N) is 3. The summed E-state index contributed by atoms with van der Waals surface area (Å²) >= 11 is 0. The number of nitrogens with one attached hydrogen (secondary N) is 1. The maximum absolute atomic E-state index is 12.6. The molecule has 1 saturated heterocycles. The van der Waals surface area contributed by atoms with Crippen molar-refractivity contribution in [1.29, 1.82) is 5.26 Å². The smallest absolute Gasteiger partial charge is 0.266 e. The number of sulfone groups is 1. The van der Waals surface area contributed by atoms with Crippen molar-refractivity contribution in [1.82, 2.24) is 4.98 Å². The first kappa shape index (κ1) is 20.7. The predicted octanol–water partition coefficient (Wildman–Crippen LogP) is 3.06. The Morgan fingerprint density at radius 2 is 1.94 bits per heavy atom. The minimum Gasteiger partial charge on any atom is -0.459 e. The second kappa shape index (κ2) is 8.28. The zero-order valence-electron chi connectivity index (χ0n) is 16.7. The van der Waals surface area contributed by atoms with E-state index in [1.807, 2.05) is 11.0 Å². The van der Waals surface area contributed by atoms with Gasteiger partial charge in [0, 0.05) is 31.0 Å². The van der Waals surface area contributed by atoms with Crippen LogP contribution in [0.1, 0.15) is 18.5 Å². The first-order chi connectivity index (χ1) is 14.8. The molecule has 0 aliphatic carbocycles. The molecule has 2 aromatic heterocycles. The van der Waals surface area contributed by atoms with E-state index >= 15 is 0 Å². The Labute approximate surface area is 179 Å². The number of aromatic nitrogens is 1. The number of nitriles is 1. The Kier molecular flexibility index (Phi) is 5.52. The fourth-order valence-electron chi connectivity index (χ4n) is 3.48. The van der Waals surface area contributed by atoms with Crippen LogP contribution in [0.15, 0.2) is 56.4 Å². The summed E-state index contributed by atoms with van der Waals surface area (Å²) in [6.45, 7) is 1.07. The third-order valence-electron chi connectivity index (χ3n) is 5.15. The molecule has 1 aliphatic heterocycles. The molecule has 3 heterocycles. The molecule has 0 spiro atoms. The molecule has 160 valence electrons. The Morgan fingerprint density at radius 3 is 2.52 bits per heavy atom. The van der Waals surface area contributed by atoms with Gasteiger partial charge in [-0.05, 0) is 49.2 Å². The van der Waals surface area contributed by atoms with E-state index in [-0.39, 0.29) is 28.3 Å². The van der Waals surface area contributed by atoms with E-state index in [4.69, 9.17) is 8.83 Å². The predicted molar refractivity (Wildman–Crippen MR) is 112 cm³/mol. The molecule has 1 N–H and O–H groups in total. The summed E-state index contributed by atoms with van der Waals surface area (Å²) in [7, 11) is -3.28. The van der Waals surface area contributed by atoms with E-state index < -0.39 is 9.84 Å². The topological polar surface area (TPSA) is 129 Å². The first-order valence-corrected chi connectivity index (χ1v) is 11.5. The molecule has 4 rings (SSSR count). The summed E-state index contributed by atoms with van der Waals surface area (Å²) in [4.78, 5) is 18.9. The lowest BCUT2D eigenvalue weighted by atomic mass is 9.96. The molecule has 0 saturated carbocycles.